The Bertz CT molecular complexity index is 292. The molecule has 2 aliphatic rings. The topological polar surface area (TPSA) is 0 Å². The quantitative estimate of drug-likeness (QED) is 0.526. The first-order valence-electron chi connectivity index (χ1n) is 8.33. The van der Waals surface area contributed by atoms with E-state index in [1.807, 2.05) is 11.1 Å². The van der Waals surface area contributed by atoms with Crippen LogP contribution in [-0.2, 0) is 0 Å². The van der Waals surface area contributed by atoms with E-state index in [0.717, 1.165) is 11.8 Å². The average molecular weight is 248 g/mol. The smallest absolute Gasteiger partial charge is 0.00650 e. The van der Waals surface area contributed by atoms with Crippen LogP contribution in [0.4, 0.5) is 0 Å². The van der Waals surface area contributed by atoms with E-state index in [1.165, 1.54) is 57.8 Å². The van der Waals surface area contributed by atoms with Gasteiger partial charge < -0.3 is 0 Å². The lowest BCUT2D eigenvalue weighted by Crippen LogP contribution is -2.39. The molecule has 0 nitrogen and oxygen atoms in total. The zero-order valence-corrected chi connectivity index (χ0v) is 13.0. The van der Waals surface area contributed by atoms with Crippen LogP contribution < -0.4 is 0 Å². The van der Waals surface area contributed by atoms with Crippen molar-refractivity contribution in [2.45, 2.75) is 85.5 Å². The molecule has 0 heteroatoms. The van der Waals surface area contributed by atoms with Crippen LogP contribution in [0, 0.1) is 17.3 Å². The van der Waals surface area contributed by atoms with Crippen LogP contribution in [-0.4, -0.2) is 0 Å². The van der Waals surface area contributed by atoms with Gasteiger partial charge in [0.15, 0.2) is 0 Å². The molecular weight excluding hydrogens is 216 g/mol. The third-order valence-corrected chi connectivity index (χ3v) is 6.15. The van der Waals surface area contributed by atoms with Crippen LogP contribution in [0.25, 0.3) is 0 Å². The first-order valence-corrected chi connectivity index (χ1v) is 8.33. The Balaban J connectivity index is 2.22. The van der Waals surface area contributed by atoms with Crippen molar-refractivity contribution in [3.8, 4) is 0 Å². The average Bonchev–Trinajstić information content (AvgIpc) is 2.39. The van der Waals surface area contributed by atoms with Gasteiger partial charge in [-0.05, 0) is 75.5 Å². The van der Waals surface area contributed by atoms with E-state index in [1.54, 1.807) is 0 Å². The molecule has 0 aliphatic heterocycles. The van der Waals surface area contributed by atoms with Gasteiger partial charge in [-0.3, -0.25) is 0 Å². The molecule has 0 unspecified atom stereocenters. The number of hydrogen-bond donors (Lipinski definition) is 0. The summed E-state index contributed by atoms with van der Waals surface area (Å²) < 4.78 is 0. The minimum atomic E-state index is 0.555. The molecule has 2 fully saturated rings. The normalized spacial score (nSPS) is 29.0. The lowest BCUT2D eigenvalue weighted by Gasteiger charge is -2.50. The summed E-state index contributed by atoms with van der Waals surface area (Å²) in [6, 6.07) is 0. The monoisotopic (exact) mass is 248 g/mol. The van der Waals surface area contributed by atoms with Crippen molar-refractivity contribution in [3.05, 3.63) is 11.1 Å². The van der Waals surface area contributed by atoms with Gasteiger partial charge in [0.2, 0.25) is 0 Å². The number of hydrogen-bond acceptors (Lipinski definition) is 0. The van der Waals surface area contributed by atoms with Gasteiger partial charge in [0.1, 0.15) is 0 Å². The molecule has 0 bridgehead atoms. The van der Waals surface area contributed by atoms with Gasteiger partial charge >= 0.3 is 0 Å². The van der Waals surface area contributed by atoms with Gasteiger partial charge in [-0.25, -0.2) is 0 Å². The SMILES string of the molecule is CCC(CC)(C(C)=C1CCCCC1)C1CC(C)C1. The number of rotatable bonds is 4. The third-order valence-electron chi connectivity index (χ3n) is 6.15. The Hall–Kier alpha value is -0.260. The lowest BCUT2D eigenvalue weighted by molar-refractivity contribution is 0.0624. The molecule has 2 aliphatic carbocycles. The molecule has 0 aromatic carbocycles. The number of allylic oxidation sites excluding steroid dienone is 2. The fraction of sp³-hybridized carbons (Fsp3) is 0.889. The minimum absolute atomic E-state index is 0.555. The lowest BCUT2D eigenvalue weighted by atomic mass is 9.55. The molecule has 0 atom stereocenters. The maximum Gasteiger partial charge on any atom is -0.00650 e. The molecule has 0 N–H and O–H groups in total. The Morgan fingerprint density at radius 1 is 1.06 bits per heavy atom. The van der Waals surface area contributed by atoms with Crippen molar-refractivity contribution < 1.29 is 0 Å². The second-order valence-corrected chi connectivity index (χ2v) is 6.93. The van der Waals surface area contributed by atoms with Gasteiger partial charge in [0, 0.05) is 0 Å². The molecule has 0 amide bonds. The molecule has 0 saturated heterocycles. The molecule has 0 spiro atoms. The summed E-state index contributed by atoms with van der Waals surface area (Å²) >= 11 is 0. The zero-order valence-electron chi connectivity index (χ0n) is 13.0. The Labute approximate surface area is 114 Å². The van der Waals surface area contributed by atoms with E-state index in [0.29, 0.717) is 5.41 Å². The predicted molar refractivity (Wildman–Crippen MR) is 80.7 cm³/mol. The highest BCUT2D eigenvalue weighted by Gasteiger charge is 2.43. The molecule has 2 rings (SSSR count). The summed E-state index contributed by atoms with van der Waals surface area (Å²) in [7, 11) is 0. The molecule has 104 valence electrons. The Kier molecular flexibility index (Phi) is 4.56. The molecule has 0 aromatic rings. The van der Waals surface area contributed by atoms with Crippen LogP contribution in [0.1, 0.15) is 85.5 Å². The maximum absolute atomic E-state index is 2.48. The van der Waals surface area contributed by atoms with Crippen molar-refractivity contribution in [2.24, 2.45) is 17.3 Å². The highest BCUT2D eigenvalue weighted by molar-refractivity contribution is 5.23. The Morgan fingerprint density at radius 2 is 1.61 bits per heavy atom. The molecular formula is C18H32. The van der Waals surface area contributed by atoms with Crippen LogP contribution in [0.3, 0.4) is 0 Å². The fourth-order valence-corrected chi connectivity index (χ4v) is 4.72. The predicted octanol–water partition coefficient (Wildman–Crippen LogP) is 6.12. The molecule has 0 radical (unpaired) electrons. The van der Waals surface area contributed by atoms with Crippen molar-refractivity contribution in [2.75, 3.05) is 0 Å². The Morgan fingerprint density at radius 3 is 2.06 bits per heavy atom. The van der Waals surface area contributed by atoms with E-state index in [-0.39, 0.29) is 0 Å². The summed E-state index contributed by atoms with van der Waals surface area (Å²) in [5, 5.41) is 0. The summed E-state index contributed by atoms with van der Waals surface area (Å²) in [6.07, 6.45) is 12.8. The minimum Gasteiger partial charge on any atom is -0.0707 e. The van der Waals surface area contributed by atoms with E-state index in [9.17, 15) is 0 Å². The van der Waals surface area contributed by atoms with Crippen molar-refractivity contribution in [1.29, 1.82) is 0 Å². The van der Waals surface area contributed by atoms with Crippen molar-refractivity contribution in [3.63, 3.8) is 0 Å². The summed E-state index contributed by atoms with van der Waals surface area (Å²) in [5.74, 6) is 1.97. The van der Waals surface area contributed by atoms with Crippen LogP contribution in [0.5, 0.6) is 0 Å². The summed E-state index contributed by atoms with van der Waals surface area (Å²) in [6.45, 7) is 9.77. The highest BCUT2D eigenvalue weighted by Crippen LogP contribution is 2.54. The fourth-order valence-electron chi connectivity index (χ4n) is 4.72. The molecule has 0 aromatic heterocycles. The standard InChI is InChI=1S/C18H32/c1-5-18(6-2,17-12-14(3)13-17)15(4)16-10-8-7-9-11-16/h14,17H,5-13H2,1-4H3. The van der Waals surface area contributed by atoms with Crippen LogP contribution >= 0.6 is 0 Å². The first kappa shape index (κ1) is 14.2. The van der Waals surface area contributed by atoms with Crippen LogP contribution in [0.15, 0.2) is 11.1 Å². The van der Waals surface area contributed by atoms with Gasteiger partial charge in [-0.2, -0.15) is 0 Å². The van der Waals surface area contributed by atoms with Crippen molar-refractivity contribution >= 4 is 0 Å². The van der Waals surface area contributed by atoms with E-state index >= 15 is 0 Å². The van der Waals surface area contributed by atoms with Gasteiger partial charge in [-0.15, -0.1) is 0 Å². The van der Waals surface area contributed by atoms with Gasteiger partial charge in [0.25, 0.3) is 0 Å². The summed E-state index contributed by atoms with van der Waals surface area (Å²) in [5.41, 5.74) is 4.20. The van der Waals surface area contributed by atoms with Crippen LogP contribution in [0.2, 0.25) is 0 Å². The zero-order chi connectivity index (χ0) is 13.2. The second kappa shape index (κ2) is 5.80. The largest absolute Gasteiger partial charge is 0.0707 e. The third kappa shape index (κ3) is 2.40. The van der Waals surface area contributed by atoms with Gasteiger partial charge in [0.05, 0.1) is 0 Å². The first-order chi connectivity index (χ1) is 8.64. The van der Waals surface area contributed by atoms with E-state index in [4.69, 9.17) is 0 Å². The maximum atomic E-state index is 2.48. The molecule has 0 heterocycles. The second-order valence-electron chi connectivity index (χ2n) is 6.93. The van der Waals surface area contributed by atoms with E-state index in [2.05, 4.69) is 27.7 Å². The highest BCUT2D eigenvalue weighted by atomic mass is 14.5. The van der Waals surface area contributed by atoms with Crippen molar-refractivity contribution in [1.82, 2.24) is 0 Å². The van der Waals surface area contributed by atoms with E-state index < -0.39 is 0 Å². The summed E-state index contributed by atoms with van der Waals surface area (Å²) in [4.78, 5) is 0. The van der Waals surface area contributed by atoms with Gasteiger partial charge in [-0.1, -0.05) is 38.3 Å². The molecule has 2 saturated carbocycles. The molecule has 18 heavy (non-hydrogen) atoms.